The van der Waals surface area contributed by atoms with Crippen LogP contribution in [0.25, 0.3) is 11.3 Å². The summed E-state index contributed by atoms with van der Waals surface area (Å²) in [6, 6.07) is 4.96. The minimum Gasteiger partial charge on any atom is -0.497 e. The van der Waals surface area contributed by atoms with E-state index in [1.165, 1.54) is 6.26 Å². The third-order valence-electron chi connectivity index (χ3n) is 3.12. The molecule has 0 N–H and O–H groups in total. The third kappa shape index (κ3) is 1.26. The van der Waals surface area contributed by atoms with E-state index >= 15 is 0 Å². The smallest absolute Gasteiger partial charge is 0.237 e. The van der Waals surface area contributed by atoms with Gasteiger partial charge in [0.05, 0.1) is 18.9 Å². The fourth-order valence-electron chi connectivity index (χ4n) is 2.20. The Morgan fingerprint density at radius 2 is 1.89 bits per heavy atom. The molecule has 0 amide bonds. The maximum absolute atomic E-state index is 12.0. The lowest BCUT2D eigenvalue weighted by Gasteiger charge is -2.14. The molecule has 0 saturated carbocycles. The van der Waals surface area contributed by atoms with Crippen molar-refractivity contribution in [2.75, 3.05) is 7.11 Å². The van der Waals surface area contributed by atoms with Crippen LogP contribution in [-0.2, 0) is 0 Å². The zero-order valence-corrected chi connectivity index (χ0v) is 9.94. The molecule has 2 aromatic rings. The minimum atomic E-state index is -0.506. The second-order valence-electron chi connectivity index (χ2n) is 4.19. The number of benzene rings is 1. The molecule has 0 bridgehead atoms. The van der Waals surface area contributed by atoms with E-state index in [4.69, 9.17) is 9.15 Å². The van der Waals surface area contributed by atoms with Gasteiger partial charge in [0.2, 0.25) is 11.6 Å². The Morgan fingerprint density at radius 3 is 2.61 bits per heavy atom. The summed E-state index contributed by atoms with van der Waals surface area (Å²) in [5.41, 5.74) is 2.02. The SMILES string of the molecule is COc1ccc2c(c1)-c1occ(C)c1C(=O)C2=O. The maximum Gasteiger partial charge on any atom is 0.237 e. The largest absolute Gasteiger partial charge is 0.497 e. The molecule has 1 aromatic heterocycles. The van der Waals surface area contributed by atoms with Crippen LogP contribution in [0.1, 0.15) is 26.3 Å². The van der Waals surface area contributed by atoms with Crippen molar-refractivity contribution in [2.45, 2.75) is 6.92 Å². The Labute approximate surface area is 103 Å². The summed E-state index contributed by atoms with van der Waals surface area (Å²) in [6.45, 7) is 1.75. The van der Waals surface area contributed by atoms with Crippen molar-refractivity contribution in [3.63, 3.8) is 0 Å². The Morgan fingerprint density at radius 1 is 1.11 bits per heavy atom. The van der Waals surface area contributed by atoms with Crippen molar-refractivity contribution in [3.8, 4) is 17.1 Å². The molecule has 0 aliphatic heterocycles. The van der Waals surface area contributed by atoms with Gasteiger partial charge in [0.1, 0.15) is 11.5 Å². The fraction of sp³-hybridized carbons (Fsp3) is 0.143. The number of carbonyl (C=O) groups is 2. The first-order valence-corrected chi connectivity index (χ1v) is 5.49. The lowest BCUT2D eigenvalue weighted by Crippen LogP contribution is -2.20. The zero-order chi connectivity index (χ0) is 12.9. The molecule has 3 rings (SSSR count). The van der Waals surface area contributed by atoms with Gasteiger partial charge in [-0.25, -0.2) is 0 Å². The molecular formula is C14H10O4. The molecule has 90 valence electrons. The molecule has 1 aliphatic carbocycles. The summed E-state index contributed by atoms with van der Waals surface area (Å²) in [5, 5.41) is 0. The topological polar surface area (TPSA) is 56.5 Å². The molecular weight excluding hydrogens is 232 g/mol. The highest BCUT2D eigenvalue weighted by molar-refractivity contribution is 6.53. The van der Waals surface area contributed by atoms with Crippen molar-refractivity contribution < 1.29 is 18.7 Å². The predicted octanol–water partition coefficient (Wildman–Crippen LogP) is 2.64. The number of ketones is 2. The van der Waals surface area contributed by atoms with E-state index in [0.29, 0.717) is 33.8 Å². The Bertz CT molecular complexity index is 679. The number of fused-ring (bicyclic) bond motifs is 3. The van der Waals surface area contributed by atoms with Crippen LogP contribution < -0.4 is 4.74 Å². The molecule has 0 atom stereocenters. The summed E-state index contributed by atoms with van der Waals surface area (Å²) in [6.07, 6.45) is 1.49. The number of rotatable bonds is 1. The van der Waals surface area contributed by atoms with Gasteiger partial charge in [-0.05, 0) is 30.7 Å². The lowest BCUT2D eigenvalue weighted by molar-refractivity contribution is 0.0814. The summed E-state index contributed by atoms with van der Waals surface area (Å²) in [4.78, 5) is 24.0. The van der Waals surface area contributed by atoms with Crippen LogP contribution in [0.3, 0.4) is 0 Å². The van der Waals surface area contributed by atoms with Gasteiger partial charge < -0.3 is 9.15 Å². The fourth-order valence-corrected chi connectivity index (χ4v) is 2.20. The number of carbonyl (C=O) groups excluding carboxylic acids is 2. The van der Waals surface area contributed by atoms with E-state index in [1.54, 1.807) is 32.2 Å². The molecule has 0 unspecified atom stereocenters. The van der Waals surface area contributed by atoms with Crippen LogP contribution in [0.15, 0.2) is 28.9 Å². The van der Waals surface area contributed by atoms with E-state index in [1.807, 2.05) is 0 Å². The van der Waals surface area contributed by atoms with Crippen molar-refractivity contribution in [1.29, 1.82) is 0 Å². The third-order valence-corrected chi connectivity index (χ3v) is 3.12. The number of Topliss-reactive ketones (excluding diaryl/α,β-unsaturated/α-hetero) is 2. The summed E-state index contributed by atoms with van der Waals surface area (Å²) in [7, 11) is 1.55. The molecule has 4 nitrogen and oxygen atoms in total. The minimum absolute atomic E-state index is 0.362. The first-order valence-electron chi connectivity index (χ1n) is 5.49. The molecule has 18 heavy (non-hydrogen) atoms. The van der Waals surface area contributed by atoms with Crippen LogP contribution in [-0.4, -0.2) is 18.7 Å². The standard InChI is InChI=1S/C14H10O4/c1-7-6-18-14-10-5-8(17-2)3-4-9(10)12(15)13(16)11(7)14/h3-6H,1-2H3. The molecule has 0 saturated heterocycles. The van der Waals surface area contributed by atoms with E-state index < -0.39 is 11.6 Å². The lowest BCUT2D eigenvalue weighted by atomic mass is 9.87. The molecule has 1 aromatic carbocycles. The molecule has 0 radical (unpaired) electrons. The van der Waals surface area contributed by atoms with Crippen LogP contribution in [0.2, 0.25) is 0 Å². The number of hydrogen-bond donors (Lipinski definition) is 0. The Balaban J connectivity index is 2.35. The predicted molar refractivity (Wildman–Crippen MR) is 64.1 cm³/mol. The molecule has 0 spiro atoms. The average Bonchev–Trinajstić information content (AvgIpc) is 2.77. The van der Waals surface area contributed by atoms with E-state index in [9.17, 15) is 9.59 Å². The highest BCUT2D eigenvalue weighted by atomic mass is 16.5. The van der Waals surface area contributed by atoms with E-state index in [-0.39, 0.29) is 0 Å². The van der Waals surface area contributed by atoms with Gasteiger partial charge in [-0.3, -0.25) is 9.59 Å². The van der Waals surface area contributed by atoms with Crippen LogP contribution >= 0.6 is 0 Å². The number of aryl methyl sites for hydroxylation is 1. The van der Waals surface area contributed by atoms with Crippen LogP contribution in [0.5, 0.6) is 5.75 Å². The van der Waals surface area contributed by atoms with Gasteiger partial charge in [0.25, 0.3) is 0 Å². The molecule has 1 heterocycles. The quantitative estimate of drug-likeness (QED) is 0.721. The first kappa shape index (κ1) is 10.8. The van der Waals surface area contributed by atoms with Gasteiger partial charge in [-0.1, -0.05) is 0 Å². The monoisotopic (exact) mass is 242 g/mol. The number of methoxy groups -OCH3 is 1. The summed E-state index contributed by atoms with van der Waals surface area (Å²) in [5.74, 6) is 0.0699. The number of furan rings is 1. The van der Waals surface area contributed by atoms with Gasteiger partial charge >= 0.3 is 0 Å². The van der Waals surface area contributed by atoms with Crippen molar-refractivity contribution in [1.82, 2.24) is 0 Å². The van der Waals surface area contributed by atoms with E-state index in [0.717, 1.165) is 0 Å². The second-order valence-corrected chi connectivity index (χ2v) is 4.19. The Kier molecular flexibility index (Phi) is 2.13. The average molecular weight is 242 g/mol. The van der Waals surface area contributed by atoms with Gasteiger partial charge in [-0.15, -0.1) is 0 Å². The van der Waals surface area contributed by atoms with Gasteiger partial charge in [0, 0.05) is 11.1 Å². The highest BCUT2D eigenvalue weighted by Gasteiger charge is 2.34. The first-order chi connectivity index (χ1) is 8.63. The molecule has 4 heteroatoms. The summed E-state index contributed by atoms with van der Waals surface area (Å²) >= 11 is 0. The zero-order valence-electron chi connectivity index (χ0n) is 9.94. The van der Waals surface area contributed by atoms with Crippen LogP contribution in [0.4, 0.5) is 0 Å². The number of hydrogen-bond acceptors (Lipinski definition) is 4. The van der Waals surface area contributed by atoms with Crippen LogP contribution in [0, 0.1) is 6.92 Å². The van der Waals surface area contributed by atoms with Crippen molar-refractivity contribution in [3.05, 3.63) is 41.2 Å². The van der Waals surface area contributed by atoms with Gasteiger partial charge in [0.15, 0.2) is 0 Å². The normalized spacial score (nSPS) is 13.2. The Hall–Kier alpha value is -2.36. The van der Waals surface area contributed by atoms with E-state index in [2.05, 4.69) is 0 Å². The summed E-state index contributed by atoms with van der Waals surface area (Å²) < 4.78 is 10.5. The van der Waals surface area contributed by atoms with Crippen molar-refractivity contribution >= 4 is 11.6 Å². The maximum atomic E-state index is 12.0. The highest BCUT2D eigenvalue weighted by Crippen LogP contribution is 2.37. The number of ether oxygens (including phenoxy) is 1. The van der Waals surface area contributed by atoms with Gasteiger partial charge in [-0.2, -0.15) is 0 Å². The molecule has 0 fully saturated rings. The second kappa shape index (κ2) is 3.57. The molecule has 1 aliphatic rings. The van der Waals surface area contributed by atoms with Crippen molar-refractivity contribution in [2.24, 2.45) is 0 Å².